The lowest BCUT2D eigenvalue weighted by atomic mass is 9.84. The van der Waals surface area contributed by atoms with Gasteiger partial charge in [-0.05, 0) is 48.4 Å². The molecule has 4 aromatic rings. The molecular weight excluding hydrogens is 419 g/mol. The number of ether oxygens (including phenoxy) is 2. The van der Waals surface area contributed by atoms with Crippen LogP contribution in [-0.4, -0.2) is 21.9 Å². The summed E-state index contributed by atoms with van der Waals surface area (Å²) in [7, 11) is 1.64. The highest BCUT2D eigenvalue weighted by atomic mass is 19.1. The second-order valence-electron chi connectivity index (χ2n) is 8.21. The van der Waals surface area contributed by atoms with Gasteiger partial charge in [-0.1, -0.05) is 42.0 Å². The third kappa shape index (κ3) is 3.16. The largest absolute Gasteiger partial charge is 0.497 e. The van der Waals surface area contributed by atoms with E-state index in [1.54, 1.807) is 25.6 Å². The Morgan fingerprint density at radius 3 is 2.52 bits per heavy atom. The maximum absolute atomic E-state index is 13.7. The Morgan fingerprint density at radius 2 is 1.76 bits per heavy atom. The van der Waals surface area contributed by atoms with Crippen molar-refractivity contribution in [3.05, 3.63) is 107 Å². The zero-order chi connectivity index (χ0) is 22.5. The van der Waals surface area contributed by atoms with Crippen molar-refractivity contribution in [3.8, 4) is 11.5 Å². The fraction of sp³-hybridized carbons (Fsp3) is 0.154. The number of aromatic nitrogens is 3. The number of methoxy groups -OCH3 is 1. The monoisotopic (exact) mass is 440 g/mol. The van der Waals surface area contributed by atoms with Gasteiger partial charge in [0.05, 0.1) is 12.8 Å². The number of aryl methyl sites for hydroxylation is 1. The average Bonchev–Trinajstić information content (AvgIpc) is 3.31. The molecule has 7 heteroatoms. The molecule has 0 aliphatic carbocycles. The van der Waals surface area contributed by atoms with E-state index in [4.69, 9.17) is 9.47 Å². The van der Waals surface area contributed by atoms with Gasteiger partial charge in [0.2, 0.25) is 5.95 Å². The van der Waals surface area contributed by atoms with Gasteiger partial charge in [0.25, 0.3) is 0 Å². The number of hydrogen-bond acceptors (Lipinski definition) is 5. The van der Waals surface area contributed by atoms with Crippen LogP contribution in [0.2, 0.25) is 0 Å². The van der Waals surface area contributed by atoms with Gasteiger partial charge < -0.3 is 14.8 Å². The molecule has 3 aromatic carbocycles. The number of hydrogen-bond donors (Lipinski definition) is 1. The van der Waals surface area contributed by atoms with E-state index < -0.39 is 6.10 Å². The van der Waals surface area contributed by atoms with E-state index in [9.17, 15) is 4.39 Å². The minimum Gasteiger partial charge on any atom is -0.497 e. The van der Waals surface area contributed by atoms with Crippen LogP contribution in [0.15, 0.2) is 78.6 Å². The van der Waals surface area contributed by atoms with Crippen molar-refractivity contribution in [2.75, 3.05) is 12.4 Å². The fourth-order valence-corrected chi connectivity index (χ4v) is 4.56. The first-order valence-electron chi connectivity index (χ1n) is 10.7. The summed E-state index contributed by atoms with van der Waals surface area (Å²) in [5, 5.41) is 8.00. The number of halogens is 1. The van der Waals surface area contributed by atoms with Gasteiger partial charge in [0.15, 0.2) is 0 Å². The molecule has 0 bridgehead atoms. The Kier molecular flexibility index (Phi) is 4.43. The zero-order valence-corrected chi connectivity index (χ0v) is 18.1. The van der Waals surface area contributed by atoms with Gasteiger partial charge >= 0.3 is 0 Å². The number of nitrogens with zero attached hydrogens (tertiary/aromatic N) is 3. The lowest BCUT2D eigenvalue weighted by molar-refractivity contribution is 0.222. The molecule has 2 aliphatic heterocycles. The minimum atomic E-state index is -0.447. The van der Waals surface area contributed by atoms with E-state index in [1.807, 2.05) is 22.9 Å². The summed E-state index contributed by atoms with van der Waals surface area (Å²) < 4.78 is 27.7. The van der Waals surface area contributed by atoms with Crippen molar-refractivity contribution in [1.29, 1.82) is 0 Å². The maximum Gasteiger partial charge on any atom is 0.226 e. The van der Waals surface area contributed by atoms with Gasteiger partial charge in [0, 0.05) is 11.1 Å². The van der Waals surface area contributed by atoms with Crippen LogP contribution in [0, 0.1) is 12.7 Å². The van der Waals surface area contributed by atoms with E-state index in [-0.39, 0.29) is 11.9 Å². The summed E-state index contributed by atoms with van der Waals surface area (Å²) in [4.78, 5) is 4.45. The first kappa shape index (κ1) is 19.5. The predicted molar refractivity (Wildman–Crippen MR) is 123 cm³/mol. The highest BCUT2D eigenvalue weighted by Gasteiger charge is 2.41. The van der Waals surface area contributed by atoms with Crippen LogP contribution < -0.4 is 14.8 Å². The summed E-state index contributed by atoms with van der Waals surface area (Å²) in [6.07, 6.45) is 1.10. The van der Waals surface area contributed by atoms with Crippen LogP contribution >= 0.6 is 0 Å². The average molecular weight is 440 g/mol. The highest BCUT2D eigenvalue weighted by molar-refractivity contribution is 5.85. The van der Waals surface area contributed by atoms with Gasteiger partial charge in [-0.2, -0.15) is 10.1 Å². The number of rotatable bonds is 3. The Bertz CT molecular complexity index is 1380. The van der Waals surface area contributed by atoms with E-state index in [1.165, 1.54) is 17.7 Å². The standard InChI is InChI=1S/C26H21FN4O2/c1-15-3-5-16(6-4-15)24-22-23(30-26-28-14-29-31(24)26)20-13-19(32-2)11-12-21(20)33-25(22)17-7-9-18(27)10-8-17/h3-14,24-25H,1-2H3,(H,28,29,30)/t24-,25-/m0/s1. The molecule has 6 nitrogen and oxygen atoms in total. The van der Waals surface area contributed by atoms with E-state index >= 15 is 0 Å². The van der Waals surface area contributed by atoms with Crippen molar-refractivity contribution in [2.45, 2.75) is 19.1 Å². The third-order valence-corrected chi connectivity index (χ3v) is 6.19. The lowest BCUT2D eigenvalue weighted by Crippen LogP contribution is -2.32. The van der Waals surface area contributed by atoms with Gasteiger partial charge in [-0.3, -0.25) is 0 Å². The van der Waals surface area contributed by atoms with Crippen LogP contribution in [0.1, 0.15) is 34.4 Å². The normalized spacial score (nSPS) is 18.5. The van der Waals surface area contributed by atoms with Crippen molar-refractivity contribution in [1.82, 2.24) is 14.8 Å². The molecule has 0 radical (unpaired) electrons. The third-order valence-electron chi connectivity index (χ3n) is 6.19. The molecule has 0 spiro atoms. The molecule has 0 fully saturated rings. The molecule has 33 heavy (non-hydrogen) atoms. The summed E-state index contributed by atoms with van der Waals surface area (Å²) in [5.41, 5.74) is 5.84. The molecule has 0 saturated heterocycles. The quantitative estimate of drug-likeness (QED) is 0.469. The number of benzene rings is 3. The molecule has 0 saturated carbocycles. The second kappa shape index (κ2) is 7.48. The smallest absolute Gasteiger partial charge is 0.226 e. The SMILES string of the molecule is COc1ccc2c(c1)C1=C([C@H](c3ccc(F)cc3)O2)[C@H](c2ccc(C)cc2)n2ncnc2N1. The van der Waals surface area contributed by atoms with Crippen molar-refractivity contribution >= 4 is 11.6 Å². The molecule has 1 N–H and O–H groups in total. The second-order valence-corrected chi connectivity index (χ2v) is 8.21. The predicted octanol–water partition coefficient (Wildman–Crippen LogP) is 5.29. The molecular formula is C26H21FN4O2. The first-order valence-corrected chi connectivity index (χ1v) is 10.7. The van der Waals surface area contributed by atoms with Crippen molar-refractivity contribution in [2.24, 2.45) is 0 Å². The molecule has 0 amide bonds. The highest BCUT2D eigenvalue weighted by Crippen LogP contribution is 2.51. The fourth-order valence-electron chi connectivity index (χ4n) is 4.56. The van der Waals surface area contributed by atoms with Crippen LogP contribution in [0.4, 0.5) is 10.3 Å². The van der Waals surface area contributed by atoms with Crippen LogP contribution in [0.3, 0.4) is 0 Å². The lowest BCUT2D eigenvalue weighted by Gasteiger charge is -2.39. The van der Waals surface area contributed by atoms with E-state index in [0.29, 0.717) is 11.7 Å². The Balaban J connectivity index is 1.62. The Hall–Kier alpha value is -4.13. The van der Waals surface area contributed by atoms with Crippen molar-refractivity contribution in [3.63, 3.8) is 0 Å². The Morgan fingerprint density at radius 1 is 1.00 bits per heavy atom. The van der Waals surface area contributed by atoms with Crippen LogP contribution in [0.5, 0.6) is 11.5 Å². The van der Waals surface area contributed by atoms with Gasteiger partial charge in [-0.25, -0.2) is 9.07 Å². The van der Waals surface area contributed by atoms with E-state index in [0.717, 1.165) is 33.7 Å². The summed E-state index contributed by atoms with van der Waals surface area (Å²) in [6, 6.07) is 20.3. The Labute approximate surface area is 190 Å². The summed E-state index contributed by atoms with van der Waals surface area (Å²) in [6.45, 7) is 2.06. The number of nitrogens with one attached hydrogen (secondary N) is 1. The van der Waals surface area contributed by atoms with Gasteiger partial charge in [-0.15, -0.1) is 0 Å². The maximum atomic E-state index is 13.7. The zero-order valence-electron chi connectivity index (χ0n) is 18.1. The van der Waals surface area contributed by atoms with E-state index in [2.05, 4.69) is 46.6 Å². The molecule has 1 aromatic heterocycles. The van der Waals surface area contributed by atoms with Crippen molar-refractivity contribution < 1.29 is 13.9 Å². The molecule has 6 rings (SSSR count). The molecule has 2 atom stereocenters. The van der Waals surface area contributed by atoms with Gasteiger partial charge in [0.1, 0.15) is 35.8 Å². The van der Waals surface area contributed by atoms with Crippen LogP contribution in [-0.2, 0) is 0 Å². The van der Waals surface area contributed by atoms with Crippen LogP contribution in [0.25, 0.3) is 5.70 Å². The topological polar surface area (TPSA) is 61.2 Å². The summed E-state index contributed by atoms with van der Waals surface area (Å²) in [5.74, 6) is 1.80. The molecule has 3 heterocycles. The molecule has 164 valence electrons. The summed E-state index contributed by atoms with van der Waals surface area (Å²) >= 11 is 0. The number of anilines is 1. The number of fused-ring (bicyclic) bond motifs is 3. The first-order chi connectivity index (χ1) is 16.1. The minimum absolute atomic E-state index is 0.256. The molecule has 0 unspecified atom stereocenters. The molecule has 2 aliphatic rings.